The number of hydrogen-bond donors (Lipinski definition) is 1. The zero-order valence-corrected chi connectivity index (χ0v) is 13.0. The third-order valence-corrected chi connectivity index (χ3v) is 5.12. The number of halogens is 2. The van der Waals surface area contributed by atoms with E-state index in [0.29, 0.717) is 13.1 Å². The molecule has 0 aliphatic carbocycles. The highest BCUT2D eigenvalue weighted by Gasteiger charge is 2.21. The normalized spacial score (nSPS) is 15.6. The number of nitrogens with one attached hydrogen (secondary N) is 1. The molecular formula is C12H14BrFN2O3S. The fourth-order valence-corrected chi connectivity index (χ4v) is 3.20. The molecule has 1 aliphatic rings. The third kappa shape index (κ3) is 3.56. The molecule has 0 aromatic heterocycles. The second-order valence-corrected chi connectivity index (χ2v) is 7.11. The lowest BCUT2D eigenvalue weighted by Crippen LogP contribution is -2.38. The molecule has 0 unspecified atom stereocenters. The predicted octanol–water partition coefficient (Wildman–Crippen LogP) is 1.49. The minimum Gasteiger partial charge on any atom is -0.342 e. The average molecular weight is 365 g/mol. The van der Waals surface area contributed by atoms with E-state index in [1.165, 1.54) is 12.1 Å². The van der Waals surface area contributed by atoms with Crippen LogP contribution in [-0.4, -0.2) is 38.9 Å². The first-order valence-electron chi connectivity index (χ1n) is 6.12. The summed E-state index contributed by atoms with van der Waals surface area (Å²) < 4.78 is 39.6. The predicted molar refractivity (Wildman–Crippen MR) is 75.1 cm³/mol. The lowest BCUT2D eigenvalue weighted by atomic mass is 10.3. The summed E-state index contributed by atoms with van der Waals surface area (Å²) in [5.74, 6) is -0.928. The molecule has 0 spiro atoms. The van der Waals surface area contributed by atoms with Crippen LogP contribution in [0.4, 0.5) is 4.39 Å². The van der Waals surface area contributed by atoms with E-state index in [4.69, 9.17) is 0 Å². The van der Waals surface area contributed by atoms with Gasteiger partial charge in [-0.1, -0.05) is 0 Å². The Morgan fingerprint density at radius 3 is 2.60 bits per heavy atom. The standard InChI is InChI=1S/C12H14BrFN2O3S/c13-10-4-3-9(7-11(10)14)20(18,19)15-8-12(17)16-5-1-2-6-16/h3-4,7,15H,1-2,5-6,8H2. The highest BCUT2D eigenvalue weighted by Crippen LogP contribution is 2.19. The van der Waals surface area contributed by atoms with Gasteiger partial charge >= 0.3 is 0 Å². The third-order valence-electron chi connectivity index (χ3n) is 3.07. The molecule has 0 saturated carbocycles. The summed E-state index contributed by atoms with van der Waals surface area (Å²) in [5, 5.41) is 0. The number of likely N-dealkylation sites (tertiary alicyclic amines) is 1. The van der Waals surface area contributed by atoms with Gasteiger partial charge in [-0.15, -0.1) is 0 Å². The maximum absolute atomic E-state index is 13.3. The molecule has 1 aliphatic heterocycles. The van der Waals surface area contributed by atoms with Crippen LogP contribution < -0.4 is 4.72 Å². The molecule has 1 N–H and O–H groups in total. The van der Waals surface area contributed by atoms with Crippen LogP contribution in [0.3, 0.4) is 0 Å². The maximum Gasteiger partial charge on any atom is 0.241 e. The minimum absolute atomic E-state index is 0.185. The zero-order valence-electron chi connectivity index (χ0n) is 10.6. The Balaban J connectivity index is 2.03. The fraction of sp³-hybridized carbons (Fsp3) is 0.417. The van der Waals surface area contributed by atoms with Crippen molar-refractivity contribution >= 4 is 31.9 Å². The van der Waals surface area contributed by atoms with Crippen LogP contribution in [0.15, 0.2) is 27.6 Å². The van der Waals surface area contributed by atoms with Crippen molar-refractivity contribution in [1.29, 1.82) is 0 Å². The molecule has 1 amide bonds. The molecule has 8 heteroatoms. The first-order valence-corrected chi connectivity index (χ1v) is 8.40. The highest BCUT2D eigenvalue weighted by molar-refractivity contribution is 9.10. The Kier molecular flexibility index (Phi) is 4.77. The van der Waals surface area contributed by atoms with Crippen LogP contribution in [0.1, 0.15) is 12.8 Å². The molecule has 2 rings (SSSR count). The topological polar surface area (TPSA) is 66.5 Å². The summed E-state index contributed by atoms with van der Waals surface area (Å²) in [6, 6.07) is 3.49. The smallest absolute Gasteiger partial charge is 0.241 e. The van der Waals surface area contributed by atoms with Gasteiger partial charge in [-0.2, -0.15) is 0 Å². The second kappa shape index (κ2) is 6.19. The monoisotopic (exact) mass is 364 g/mol. The SMILES string of the molecule is O=C(CNS(=O)(=O)c1ccc(Br)c(F)c1)N1CCCC1. The second-order valence-electron chi connectivity index (χ2n) is 4.49. The fourth-order valence-electron chi connectivity index (χ4n) is 1.96. The van der Waals surface area contributed by atoms with Gasteiger partial charge in [0.1, 0.15) is 5.82 Å². The number of nitrogens with zero attached hydrogens (tertiary/aromatic N) is 1. The molecule has 0 atom stereocenters. The van der Waals surface area contributed by atoms with Gasteiger partial charge in [-0.25, -0.2) is 17.5 Å². The zero-order chi connectivity index (χ0) is 14.8. The Labute approximate surface area is 125 Å². The summed E-state index contributed by atoms with van der Waals surface area (Å²) in [6.45, 7) is 1.01. The van der Waals surface area contributed by atoms with E-state index in [-0.39, 0.29) is 21.8 Å². The summed E-state index contributed by atoms with van der Waals surface area (Å²) >= 11 is 2.95. The number of sulfonamides is 1. The van der Waals surface area contributed by atoms with E-state index < -0.39 is 15.8 Å². The number of benzene rings is 1. The van der Waals surface area contributed by atoms with Crippen LogP contribution >= 0.6 is 15.9 Å². The molecule has 1 aromatic carbocycles. The Hall–Kier alpha value is -0.990. The summed E-state index contributed by atoms with van der Waals surface area (Å²) in [7, 11) is -3.88. The summed E-state index contributed by atoms with van der Waals surface area (Å²) in [4.78, 5) is 13.2. The number of amides is 1. The van der Waals surface area contributed by atoms with Crippen molar-refractivity contribution in [3.05, 3.63) is 28.5 Å². The molecule has 1 heterocycles. The highest BCUT2D eigenvalue weighted by atomic mass is 79.9. The molecule has 1 saturated heterocycles. The van der Waals surface area contributed by atoms with Gasteiger partial charge in [0, 0.05) is 13.1 Å². The van der Waals surface area contributed by atoms with Crippen molar-refractivity contribution in [3.8, 4) is 0 Å². The van der Waals surface area contributed by atoms with Crippen LogP contribution in [-0.2, 0) is 14.8 Å². The molecule has 110 valence electrons. The Bertz CT molecular complexity index is 615. The number of rotatable bonds is 4. The van der Waals surface area contributed by atoms with Crippen molar-refractivity contribution in [2.45, 2.75) is 17.7 Å². The quantitative estimate of drug-likeness (QED) is 0.879. The molecule has 1 fully saturated rings. The molecule has 5 nitrogen and oxygen atoms in total. The van der Waals surface area contributed by atoms with Crippen molar-refractivity contribution in [2.75, 3.05) is 19.6 Å². The molecular weight excluding hydrogens is 351 g/mol. The lowest BCUT2D eigenvalue weighted by Gasteiger charge is -2.15. The van der Waals surface area contributed by atoms with Gasteiger partial charge in [-0.3, -0.25) is 4.79 Å². The van der Waals surface area contributed by atoms with Gasteiger partial charge in [0.2, 0.25) is 15.9 Å². The first-order chi connectivity index (χ1) is 9.40. The lowest BCUT2D eigenvalue weighted by molar-refractivity contribution is -0.128. The van der Waals surface area contributed by atoms with E-state index in [1.807, 2.05) is 0 Å². The molecule has 0 radical (unpaired) electrons. The van der Waals surface area contributed by atoms with E-state index in [9.17, 15) is 17.6 Å². The minimum atomic E-state index is -3.88. The van der Waals surface area contributed by atoms with Crippen LogP contribution in [0, 0.1) is 5.82 Å². The van der Waals surface area contributed by atoms with Crippen molar-refractivity contribution < 1.29 is 17.6 Å². The van der Waals surface area contributed by atoms with Crippen molar-refractivity contribution in [2.24, 2.45) is 0 Å². The van der Waals surface area contributed by atoms with Gasteiger partial charge in [-0.05, 0) is 47.0 Å². The van der Waals surface area contributed by atoms with Gasteiger partial charge in [0.15, 0.2) is 0 Å². The number of hydrogen-bond acceptors (Lipinski definition) is 3. The van der Waals surface area contributed by atoms with E-state index in [1.54, 1.807) is 4.90 Å². The van der Waals surface area contributed by atoms with Crippen LogP contribution in [0.5, 0.6) is 0 Å². The van der Waals surface area contributed by atoms with Gasteiger partial charge in [0.25, 0.3) is 0 Å². The van der Waals surface area contributed by atoms with Gasteiger partial charge < -0.3 is 4.90 Å². The Morgan fingerprint density at radius 1 is 1.35 bits per heavy atom. The summed E-state index contributed by atoms with van der Waals surface area (Å²) in [5.41, 5.74) is 0. The van der Waals surface area contributed by atoms with E-state index in [2.05, 4.69) is 20.7 Å². The van der Waals surface area contributed by atoms with Crippen molar-refractivity contribution in [3.63, 3.8) is 0 Å². The average Bonchev–Trinajstić information content (AvgIpc) is 2.93. The Morgan fingerprint density at radius 2 is 2.00 bits per heavy atom. The number of carbonyl (C=O) groups is 1. The molecule has 20 heavy (non-hydrogen) atoms. The van der Waals surface area contributed by atoms with Crippen molar-refractivity contribution in [1.82, 2.24) is 9.62 Å². The summed E-state index contributed by atoms with van der Waals surface area (Å²) in [6.07, 6.45) is 1.88. The molecule has 1 aromatic rings. The maximum atomic E-state index is 13.3. The first kappa shape index (κ1) is 15.4. The van der Waals surface area contributed by atoms with Crippen LogP contribution in [0.2, 0.25) is 0 Å². The largest absolute Gasteiger partial charge is 0.342 e. The van der Waals surface area contributed by atoms with E-state index in [0.717, 1.165) is 18.9 Å². The molecule has 0 bridgehead atoms. The van der Waals surface area contributed by atoms with Gasteiger partial charge in [0.05, 0.1) is 15.9 Å². The number of carbonyl (C=O) groups excluding carboxylic acids is 1. The van der Waals surface area contributed by atoms with E-state index >= 15 is 0 Å². The van der Waals surface area contributed by atoms with Crippen LogP contribution in [0.25, 0.3) is 0 Å².